The molecule has 0 spiro atoms. The molecule has 18 heavy (non-hydrogen) atoms. The minimum atomic E-state index is -0.300. The third-order valence-electron chi connectivity index (χ3n) is 2.71. The number of nitrogens with zero attached hydrogens (tertiary/aromatic N) is 3. The first-order valence-corrected chi connectivity index (χ1v) is 5.32. The molecule has 0 unspecified atom stereocenters. The van der Waals surface area contributed by atoms with Crippen molar-refractivity contribution in [3.05, 3.63) is 63.0 Å². The van der Waals surface area contributed by atoms with Crippen molar-refractivity contribution in [2.24, 2.45) is 0 Å². The van der Waals surface area contributed by atoms with Crippen LogP contribution in [-0.2, 0) is 0 Å². The van der Waals surface area contributed by atoms with Crippen LogP contribution in [0, 0.1) is 0 Å². The maximum absolute atomic E-state index is 12.2. The quantitative estimate of drug-likeness (QED) is 0.579. The minimum Gasteiger partial charge on any atom is -0.289 e. The summed E-state index contributed by atoms with van der Waals surface area (Å²) in [7, 11) is 0. The van der Waals surface area contributed by atoms with E-state index in [9.17, 15) is 9.59 Å². The summed E-state index contributed by atoms with van der Waals surface area (Å²) >= 11 is 0. The van der Waals surface area contributed by atoms with Gasteiger partial charge in [0.15, 0.2) is 5.43 Å². The summed E-state index contributed by atoms with van der Waals surface area (Å²) in [6.45, 7) is 0. The molecule has 0 amide bonds. The van der Waals surface area contributed by atoms with Crippen molar-refractivity contribution in [2.75, 3.05) is 0 Å². The standard InChI is InChI=1S/C13H7N3O2/c17-11-5-3-1-2-4-9-10(11)6-8-7-14-16-15-12(8)13(9)18/h1-7H. The Bertz CT molecular complexity index is 833. The summed E-state index contributed by atoms with van der Waals surface area (Å²) in [4.78, 5) is 24.1. The van der Waals surface area contributed by atoms with Gasteiger partial charge in [-0.25, -0.2) is 0 Å². The van der Waals surface area contributed by atoms with Crippen LogP contribution in [0.2, 0.25) is 0 Å². The average Bonchev–Trinajstić information content (AvgIpc) is 2.38. The topological polar surface area (TPSA) is 72.8 Å². The largest absolute Gasteiger partial charge is 0.289 e. The molecule has 0 aliphatic heterocycles. The van der Waals surface area contributed by atoms with E-state index in [1.165, 1.54) is 12.3 Å². The lowest BCUT2D eigenvalue weighted by Gasteiger charge is -2.01. The van der Waals surface area contributed by atoms with E-state index in [-0.39, 0.29) is 16.4 Å². The average molecular weight is 237 g/mol. The first-order valence-electron chi connectivity index (χ1n) is 5.32. The third kappa shape index (κ3) is 1.53. The van der Waals surface area contributed by atoms with Crippen LogP contribution >= 0.6 is 0 Å². The fourth-order valence-electron chi connectivity index (χ4n) is 1.86. The molecule has 3 rings (SSSR count). The highest BCUT2D eigenvalue weighted by atomic mass is 16.1. The van der Waals surface area contributed by atoms with Crippen molar-refractivity contribution in [1.82, 2.24) is 15.4 Å². The molecule has 2 aliphatic carbocycles. The second-order valence-corrected chi connectivity index (χ2v) is 3.81. The Balaban J connectivity index is 2.64. The number of rotatable bonds is 0. The molecular weight excluding hydrogens is 230 g/mol. The summed E-state index contributed by atoms with van der Waals surface area (Å²) in [5, 5.41) is 11.3. The summed E-state index contributed by atoms with van der Waals surface area (Å²) in [6.07, 6.45) is 1.43. The van der Waals surface area contributed by atoms with Crippen molar-refractivity contribution in [3.8, 4) is 11.1 Å². The number of aromatic nitrogens is 3. The lowest BCUT2D eigenvalue weighted by Crippen LogP contribution is -2.13. The van der Waals surface area contributed by atoms with Crippen LogP contribution in [0.15, 0.2) is 52.2 Å². The van der Waals surface area contributed by atoms with Gasteiger partial charge in [0.25, 0.3) is 0 Å². The summed E-state index contributed by atoms with van der Waals surface area (Å²) in [6, 6.07) is 9.71. The smallest absolute Gasteiger partial charge is 0.214 e. The maximum atomic E-state index is 12.2. The molecule has 0 N–H and O–H groups in total. The minimum absolute atomic E-state index is 0.207. The summed E-state index contributed by atoms with van der Waals surface area (Å²) in [5.74, 6) is 0. The zero-order chi connectivity index (χ0) is 12.5. The molecule has 1 heterocycles. The Morgan fingerprint density at radius 2 is 1.78 bits per heavy atom. The van der Waals surface area contributed by atoms with Gasteiger partial charge in [0.1, 0.15) is 5.52 Å². The molecule has 1 aromatic rings. The van der Waals surface area contributed by atoms with Gasteiger partial charge in [-0.3, -0.25) is 9.59 Å². The van der Waals surface area contributed by atoms with Crippen LogP contribution in [0.4, 0.5) is 0 Å². The van der Waals surface area contributed by atoms with Crippen molar-refractivity contribution in [2.45, 2.75) is 0 Å². The molecule has 0 saturated carbocycles. The molecule has 1 aromatic heterocycles. The van der Waals surface area contributed by atoms with Gasteiger partial charge in [-0.2, -0.15) is 0 Å². The van der Waals surface area contributed by atoms with Crippen LogP contribution in [-0.4, -0.2) is 15.4 Å². The van der Waals surface area contributed by atoms with Crippen LogP contribution < -0.4 is 10.9 Å². The fourth-order valence-corrected chi connectivity index (χ4v) is 1.86. The molecule has 0 radical (unpaired) electrons. The number of fused-ring (bicyclic) bond motifs is 2. The molecule has 86 valence electrons. The number of benzene rings is 1. The first kappa shape index (κ1) is 10.5. The number of hydrogen-bond donors (Lipinski definition) is 0. The van der Waals surface area contributed by atoms with Crippen molar-refractivity contribution in [3.63, 3.8) is 0 Å². The second kappa shape index (κ2) is 3.96. The molecule has 2 aliphatic rings. The monoisotopic (exact) mass is 237 g/mol. The van der Waals surface area contributed by atoms with Gasteiger partial charge in [0, 0.05) is 16.5 Å². The Morgan fingerprint density at radius 1 is 0.944 bits per heavy atom. The van der Waals surface area contributed by atoms with Gasteiger partial charge in [0.05, 0.1) is 6.20 Å². The summed E-state index contributed by atoms with van der Waals surface area (Å²) in [5.41, 5.74) is 0.425. The number of hydrogen-bond acceptors (Lipinski definition) is 5. The van der Waals surface area contributed by atoms with E-state index in [0.29, 0.717) is 16.5 Å². The van der Waals surface area contributed by atoms with Crippen molar-refractivity contribution in [1.29, 1.82) is 0 Å². The van der Waals surface area contributed by atoms with E-state index < -0.39 is 0 Å². The summed E-state index contributed by atoms with van der Waals surface area (Å²) < 4.78 is 0. The zero-order valence-electron chi connectivity index (χ0n) is 9.20. The highest BCUT2D eigenvalue weighted by Gasteiger charge is 2.12. The van der Waals surface area contributed by atoms with Gasteiger partial charge >= 0.3 is 0 Å². The molecule has 0 fully saturated rings. The predicted octanol–water partition coefficient (Wildman–Crippen LogP) is 0.850. The highest BCUT2D eigenvalue weighted by molar-refractivity contribution is 5.86. The van der Waals surface area contributed by atoms with Crippen molar-refractivity contribution >= 4 is 10.9 Å². The van der Waals surface area contributed by atoms with Gasteiger partial charge in [-0.15, -0.1) is 10.2 Å². The third-order valence-corrected chi connectivity index (χ3v) is 2.71. The van der Waals surface area contributed by atoms with E-state index in [0.717, 1.165) is 0 Å². The fraction of sp³-hybridized carbons (Fsp3) is 0. The predicted molar refractivity (Wildman–Crippen MR) is 66.5 cm³/mol. The van der Waals surface area contributed by atoms with Gasteiger partial charge < -0.3 is 0 Å². The molecular formula is C13H7N3O2. The molecule has 0 atom stereocenters. The van der Waals surface area contributed by atoms with E-state index in [1.807, 2.05) is 0 Å². The van der Waals surface area contributed by atoms with Gasteiger partial charge in [-0.1, -0.05) is 24.3 Å². The van der Waals surface area contributed by atoms with E-state index >= 15 is 0 Å². The second-order valence-electron chi connectivity index (χ2n) is 3.81. The van der Waals surface area contributed by atoms with E-state index in [4.69, 9.17) is 0 Å². The van der Waals surface area contributed by atoms with E-state index in [2.05, 4.69) is 15.4 Å². The molecule has 0 bridgehead atoms. The Kier molecular flexibility index (Phi) is 2.30. The van der Waals surface area contributed by atoms with Crippen LogP contribution in [0.3, 0.4) is 0 Å². The van der Waals surface area contributed by atoms with Crippen molar-refractivity contribution < 1.29 is 0 Å². The Labute approximate surface area is 101 Å². The molecule has 0 aromatic carbocycles. The Hall–Kier alpha value is -2.69. The van der Waals surface area contributed by atoms with Crippen LogP contribution in [0.25, 0.3) is 22.0 Å². The highest BCUT2D eigenvalue weighted by Crippen LogP contribution is 2.16. The van der Waals surface area contributed by atoms with Crippen LogP contribution in [0.5, 0.6) is 0 Å². The molecule has 5 nitrogen and oxygen atoms in total. The van der Waals surface area contributed by atoms with E-state index in [1.54, 1.807) is 30.3 Å². The SMILES string of the molecule is O=c1cccccc2c(=O)c3nnncc3cc1-2. The first-order chi connectivity index (χ1) is 8.77. The van der Waals surface area contributed by atoms with Gasteiger partial charge in [-0.05, 0) is 17.3 Å². The normalized spacial score (nSPS) is 10.7. The zero-order valence-corrected chi connectivity index (χ0v) is 9.20. The maximum Gasteiger partial charge on any atom is 0.214 e. The molecule has 0 saturated heterocycles. The van der Waals surface area contributed by atoms with Gasteiger partial charge in [0.2, 0.25) is 5.43 Å². The lowest BCUT2D eigenvalue weighted by atomic mass is 10.0. The Morgan fingerprint density at radius 3 is 2.67 bits per heavy atom. The lowest BCUT2D eigenvalue weighted by molar-refractivity contribution is 0.893. The van der Waals surface area contributed by atoms with Crippen LogP contribution in [0.1, 0.15) is 0 Å². The molecule has 5 heteroatoms.